The predicted octanol–water partition coefficient (Wildman–Crippen LogP) is 2.51. The van der Waals surface area contributed by atoms with Crippen LogP contribution < -0.4 is 11.1 Å². The van der Waals surface area contributed by atoms with Crippen LogP contribution in [0.4, 0.5) is 19.1 Å². The standard InChI is InChI=1S/C15H13F3N4OS/c1-20-12(23)10-6-8-11(21-14(19)22-13(8)24-10)7-4-2-3-5-9(7)15(16,17)18/h2-5,10H,6H2,1H3,(H,20,23)(H2,19,21,22). The highest BCUT2D eigenvalue weighted by Crippen LogP contribution is 2.43. The van der Waals surface area contributed by atoms with Gasteiger partial charge in [-0.2, -0.15) is 13.2 Å². The molecule has 1 unspecified atom stereocenters. The van der Waals surface area contributed by atoms with E-state index in [9.17, 15) is 18.0 Å². The third-order valence-corrected chi connectivity index (χ3v) is 4.88. The van der Waals surface area contributed by atoms with Crippen molar-refractivity contribution in [2.45, 2.75) is 22.9 Å². The number of thioether (sulfide) groups is 1. The number of nitrogens with zero attached hydrogens (tertiary/aromatic N) is 2. The maximum absolute atomic E-state index is 13.3. The van der Waals surface area contributed by atoms with Gasteiger partial charge in [-0.25, -0.2) is 9.97 Å². The fourth-order valence-electron chi connectivity index (χ4n) is 2.59. The maximum Gasteiger partial charge on any atom is 0.417 e. The van der Waals surface area contributed by atoms with E-state index in [0.29, 0.717) is 10.6 Å². The van der Waals surface area contributed by atoms with Gasteiger partial charge in [0.2, 0.25) is 11.9 Å². The molecule has 0 aliphatic carbocycles. The quantitative estimate of drug-likeness (QED) is 0.810. The summed E-state index contributed by atoms with van der Waals surface area (Å²) in [6, 6.07) is 5.17. The number of benzene rings is 1. The summed E-state index contributed by atoms with van der Waals surface area (Å²) in [5, 5.41) is 2.52. The molecule has 1 aliphatic rings. The molecule has 0 saturated carbocycles. The number of amides is 1. The average molecular weight is 354 g/mol. The van der Waals surface area contributed by atoms with Crippen molar-refractivity contribution < 1.29 is 18.0 Å². The molecule has 1 amide bonds. The largest absolute Gasteiger partial charge is 0.417 e. The number of fused-ring (bicyclic) bond motifs is 1. The topological polar surface area (TPSA) is 80.9 Å². The Morgan fingerprint density at radius 3 is 2.71 bits per heavy atom. The molecular formula is C15H13F3N4OS. The molecule has 1 atom stereocenters. The third-order valence-electron chi connectivity index (χ3n) is 3.66. The summed E-state index contributed by atoms with van der Waals surface area (Å²) in [7, 11) is 1.51. The van der Waals surface area contributed by atoms with Crippen LogP contribution in [0.25, 0.3) is 11.3 Å². The number of nitrogens with two attached hydrogens (primary N) is 1. The number of carbonyl (C=O) groups is 1. The molecule has 5 nitrogen and oxygen atoms in total. The minimum Gasteiger partial charge on any atom is -0.368 e. The number of nitrogens with one attached hydrogen (secondary N) is 1. The molecule has 1 aromatic carbocycles. The second-order valence-electron chi connectivity index (χ2n) is 5.18. The summed E-state index contributed by atoms with van der Waals surface area (Å²) in [6.07, 6.45) is -4.27. The summed E-state index contributed by atoms with van der Waals surface area (Å²) in [4.78, 5) is 19.9. The van der Waals surface area contributed by atoms with E-state index in [-0.39, 0.29) is 29.5 Å². The fraction of sp³-hybridized carbons (Fsp3) is 0.267. The van der Waals surface area contributed by atoms with Gasteiger partial charge in [0.1, 0.15) is 5.03 Å². The van der Waals surface area contributed by atoms with E-state index < -0.39 is 17.0 Å². The van der Waals surface area contributed by atoms with Gasteiger partial charge in [-0.1, -0.05) is 30.0 Å². The van der Waals surface area contributed by atoms with Gasteiger partial charge in [0, 0.05) is 18.2 Å². The van der Waals surface area contributed by atoms with Crippen LogP contribution in [0.1, 0.15) is 11.1 Å². The Kier molecular flexibility index (Phi) is 4.12. The summed E-state index contributed by atoms with van der Waals surface area (Å²) in [5.41, 5.74) is 5.45. The maximum atomic E-state index is 13.3. The van der Waals surface area contributed by atoms with E-state index >= 15 is 0 Å². The van der Waals surface area contributed by atoms with E-state index in [4.69, 9.17) is 5.73 Å². The Labute approximate surface area is 139 Å². The van der Waals surface area contributed by atoms with Crippen LogP contribution >= 0.6 is 11.8 Å². The minimum absolute atomic E-state index is 0.0616. The Morgan fingerprint density at radius 1 is 1.33 bits per heavy atom. The van der Waals surface area contributed by atoms with Crippen LogP contribution in [0.5, 0.6) is 0 Å². The lowest BCUT2D eigenvalue weighted by atomic mass is 9.98. The van der Waals surface area contributed by atoms with Crippen LogP contribution in [-0.2, 0) is 17.4 Å². The SMILES string of the molecule is CNC(=O)C1Cc2c(nc(N)nc2-c2ccccc2C(F)(F)F)S1. The zero-order valence-electron chi connectivity index (χ0n) is 12.5. The number of carbonyl (C=O) groups excluding carboxylic acids is 1. The zero-order chi connectivity index (χ0) is 17.5. The van der Waals surface area contributed by atoms with Gasteiger partial charge >= 0.3 is 6.18 Å². The van der Waals surface area contributed by atoms with Crippen LogP contribution in [0.2, 0.25) is 0 Å². The van der Waals surface area contributed by atoms with Crippen molar-refractivity contribution in [1.29, 1.82) is 0 Å². The zero-order valence-corrected chi connectivity index (χ0v) is 13.3. The lowest BCUT2D eigenvalue weighted by Crippen LogP contribution is -2.29. The van der Waals surface area contributed by atoms with Crippen molar-refractivity contribution in [3.63, 3.8) is 0 Å². The Bertz CT molecular complexity index is 810. The van der Waals surface area contributed by atoms with Gasteiger partial charge in [0.25, 0.3) is 0 Å². The van der Waals surface area contributed by atoms with Gasteiger partial charge < -0.3 is 11.1 Å². The van der Waals surface area contributed by atoms with Gasteiger partial charge in [0.05, 0.1) is 16.5 Å². The Hall–Kier alpha value is -2.29. The smallest absolute Gasteiger partial charge is 0.368 e. The molecule has 2 heterocycles. The summed E-state index contributed by atoms with van der Waals surface area (Å²) < 4.78 is 39.9. The average Bonchev–Trinajstić information content (AvgIpc) is 2.96. The highest BCUT2D eigenvalue weighted by atomic mass is 32.2. The van der Waals surface area contributed by atoms with Crippen LogP contribution in [0.3, 0.4) is 0 Å². The molecule has 0 saturated heterocycles. The summed E-state index contributed by atoms with van der Waals surface area (Å²) in [6.45, 7) is 0. The lowest BCUT2D eigenvalue weighted by molar-refractivity contribution is -0.137. The van der Waals surface area contributed by atoms with Crippen LogP contribution in [0.15, 0.2) is 29.3 Å². The number of halogens is 3. The molecule has 24 heavy (non-hydrogen) atoms. The molecule has 0 fully saturated rings. The number of aromatic nitrogens is 2. The number of nitrogen functional groups attached to an aromatic ring is 1. The fourth-order valence-corrected chi connectivity index (χ4v) is 3.80. The van der Waals surface area contributed by atoms with Gasteiger partial charge in [-0.05, 0) is 12.5 Å². The molecule has 0 radical (unpaired) electrons. The summed E-state index contributed by atoms with van der Waals surface area (Å²) >= 11 is 1.18. The van der Waals surface area contributed by atoms with Crippen molar-refractivity contribution in [3.05, 3.63) is 35.4 Å². The number of hydrogen-bond donors (Lipinski definition) is 2. The molecule has 0 spiro atoms. The molecule has 1 aliphatic heterocycles. The highest BCUT2D eigenvalue weighted by Gasteiger charge is 2.37. The van der Waals surface area contributed by atoms with Gasteiger partial charge in [-0.3, -0.25) is 4.79 Å². The van der Waals surface area contributed by atoms with Crippen LogP contribution in [0, 0.1) is 0 Å². The third kappa shape index (κ3) is 2.91. The van der Waals surface area contributed by atoms with E-state index in [1.807, 2.05) is 0 Å². The molecule has 3 rings (SSSR count). The van der Waals surface area contributed by atoms with E-state index in [2.05, 4.69) is 15.3 Å². The molecule has 9 heteroatoms. The normalized spacial score (nSPS) is 16.8. The summed E-state index contributed by atoms with van der Waals surface area (Å²) in [5.74, 6) is -0.336. The molecule has 2 aromatic rings. The Balaban J connectivity index is 2.15. The lowest BCUT2D eigenvalue weighted by Gasteiger charge is -2.14. The van der Waals surface area contributed by atoms with Gasteiger partial charge in [-0.15, -0.1) is 0 Å². The Morgan fingerprint density at radius 2 is 2.04 bits per heavy atom. The second-order valence-corrected chi connectivity index (χ2v) is 6.37. The predicted molar refractivity (Wildman–Crippen MR) is 84.3 cm³/mol. The molecule has 0 bridgehead atoms. The van der Waals surface area contributed by atoms with E-state index in [1.54, 1.807) is 0 Å². The molecule has 1 aromatic heterocycles. The first-order chi connectivity index (χ1) is 11.3. The van der Waals surface area contributed by atoms with Crippen molar-refractivity contribution in [2.24, 2.45) is 0 Å². The first kappa shape index (κ1) is 16.6. The first-order valence-electron chi connectivity index (χ1n) is 7.02. The number of rotatable bonds is 2. The van der Waals surface area contributed by atoms with Crippen molar-refractivity contribution in [1.82, 2.24) is 15.3 Å². The van der Waals surface area contributed by atoms with Crippen molar-refractivity contribution in [3.8, 4) is 11.3 Å². The molecular weight excluding hydrogens is 341 g/mol. The monoisotopic (exact) mass is 354 g/mol. The van der Waals surface area contributed by atoms with Gasteiger partial charge in [0.15, 0.2) is 0 Å². The first-order valence-corrected chi connectivity index (χ1v) is 7.90. The highest BCUT2D eigenvalue weighted by molar-refractivity contribution is 8.00. The van der Waals surface area contributed by atoms with Crippen LogP contribution in [-0.4, -0.2) is 28.2 Å². The number of anilines is 1. The van der Waals surface area contributed by atoms with E-state index in [0.717, 1.165) is 6.07 Å². The number of hydrogen-bond acceptors (Lipinski definition) is 5. The van der Waals surface area contributed by atoms with E-state index in [1.165, 1.54) is 37.0 Å². The minimum atomic E-state index is -4.52. The molecule has 3 N–H and O–H groups in total. The van der Waals surface area contributed by atoms with Crippen molar-refractivity contribution >= 4 is 23.6 Å². The van der Waals surface area contributed by atoms with Crippen molar-refractivity contribution in [2.75, 3.05) is 12.8 Å². The molecule has 126 valence electrons. The second kappa shape index (κ2) is 5.97. The number of alkyl halides is 3.